The van der Waals surface area contributed by atoms with Gasteiger partial charge < -0.3 is 14.9 Å². The van der Waals surface area contributed by atoms with E-state index in [1.807, 2.05) is 0 Å². The largest absolute Gasteiger partial charge is 0.506 e. The molecule has 138 valence electrons. The number of nitrogens with zero attached hydrogens (tertiary/aromatic N) is 2. The summed E-state index contributed by atoms with van der Waals surface area (Å²) < 4.78 is 44.8. The van der Waals surface area contributed by atoms with E-state index in [2.05, 4.69) is 9.84 Å². The fourth-order valence-electron chi connectivity index (χ4n) is 2.38. The molecule has 0 bridgehead atoms. The second-order valence-electron chi connectivity index (χ2n) is 5.50. The van der Waals surface area contributed by atoms with Gasteiger partial charge in [0.25, 0.3) is 0 Å². The number of aryl methyl sites for hydroxylation is 1. The number of benzene rings is 1. The SMILES string of the molecule is CC(CO)Cc1c(O)c(Cl)cc(F)c1-c1nn(C)c(OC(F)F)c1Cl. The Kier molecular flexibility index (Phi) is 6.08. The molecule has 0 aliphatic heterocycles. The summed E-state index contributed by atoms with van der Waals surface area (Å²) in [6.45, 7) is -1.69. The third kappa shape index (κ3) is 3.96. The summed E-state index contributed by atoms with van der Waals surface area (Å²) in [5.41, 5.74) is -0.300. The van der Waals surface area contributed by atoms with Gasteiger partial charge in [0.2, 0.25) is 5.88 Å². The quantitative estimate of drug-likeness (QED) is 0.771. The zero-order chi connectivity index (χ0) is 18.9. The molecular formula is C15H15Cl2F3N2O3. The number of hydrogen-bond acceptors (Lipinski definition) is 4. The first kappa shape index (κ1) is 19.7. The summed E-state index contributed by atoms with van der Waals surface area (Å²) in [7, 11) is 1.30. The van der Waals surface area contributed by atoms with E-state index >= 15 is 0 Å². The molecule has 5 nitrogen and oxygen atoms in total. The van der Waals surface area contributed by atoms with Gasteiger partial charge in [-0.1, -0.05) is 30.1 Å². The van der Waals surface area contributed by atoms with Crippen LogP contribution in [0.15, 0.2) is 6.07 Å². The van der Waals surface area contributed by atoms with Gasteiger partial charge >= 0.3 is 6.61 Å². The second-order valence-corrected chi connectivity index (χ2v) is 6.29. The zero-order valence-corrected chi connectivity index (χ0v) is 14.7. The molecule has 0 saturated carbocycles. The number of aromatic nitrogens is 2. The molecule has 0 aliphatic carbocycles. The lowest BCUT2D eigenvalue weighted by Crippen LogP contribution is -2.07. The molecule has 0 fully saturated rings. The van der Waals surface area contributed by atoms with Gasteiger partial charge in [0.05, 0.1) is 5.02 Å². The van der Waals surface area contributed by atoms with Crippen molar-refractivity contribution in [2.75, 3.05) is 6.61 Å². The predicted octanol–water partition coefficient (Wildman–Crippen LogP) is 4.01. The molecule has 0 saturated heterocycles. The number of aliphatic hydroxyl groups excluding tert-OH is 1. The average molecular weight is 399 g/mol. The Bertz CT molecular complexity index is 784. The van der Waals surface area contributed by atoms with Crippen molar-refractivity contribution >= 4 is 23.2 Å². The van der Waals surface area contributed by atoms with Crippen molar-refractivity contribution < 1.29 is 28.1 Å². The van der Waals surface area contributed by atoms with Crippen molar-refractivity contribution in [2.24, 2.45) is 13.0 Å². The molecule has 10 heteroatoms. The summed E-state index contributed by atoms with van der Waals surface area (Å²) in [5.74, 6) is -2.01. The molecule has 25 heavy (non-hydrogen) atoms. The molecule has 2 aromatic rings. The highest BCUT2D eigenvalue weighted by molar-refractivity contribution is 6.35. The maximum Gasteiger partial charge on any atom is 0.388 e. The number of alkyl halides is 2. The van der Waals surface area contributed by atoms with E-state index in [0.29, 0.717) is 0 Å². The number of phenolic OH excluding ortho intramolecular Hbond substituents is 1. The first-order valence-corrected chi connectivity index (χ1v) is 7.91. The Morgan fingerprint density at radius 2 is 2.00 bits per heavy atom. The topological polar surface area (TPSA) is 67.5 Å². The fraction of sp³-hybridized carbons (Fsp3) is 0.400. The van der Waals surface area contributed by atoms with E-state index in [1.165, 1.54) is 7.05 Å². The Hall–Kier alpha value is -1.64. The van der Waals surface area contributed by atoms with Crippen molar-refractivity contribution in [1.82, 2.24) is 9.78 Å². The Labute approximate surface area is 151 Å². The van der Waals surface area contributed by atoms with Gasteiger partial charge in [-0.05, 0) is 18.4 Å². The van der Waals surface area contributed by atoms with Crippen LogP contribution in [0.1, 0.15) is 12.5 Å². The van der Waals surface area contributed by atoms with Crippen molar-refractivity contribution in [2.45, 2.75) is 20.0 Å². The molecule has 1 aromatic heterocycles. The predicted molar refractivity (Wildman–Crippen MR) is 86.9 cm³/mol. The minimum absolute atomic E-state index is 0.0626. The first-order valence-electron chi connectivity index (χ1n) is 7.15. The maximum atomic E-state index is 14.6. The molecule has 0 aliphatic rings. The van der Waals surface area contributed by atoms with Gasteiger partial charge in [-0.25, -0.2) is 9.07 Å². The van der Waals surface area contributed by atoms with Crippen LogP contribution in [0, 0.1) is 11.7 Å². The average Bonchev–Trinajstić information content (AvgIpc) is 2.79. The lowest BCUT2D eigenvalue weighted by molar-refractivity contribution is -0.0552. The van der Waals surface area contributed by atoms with E-state index in [0.717, 1.165) is 10.7 Å². The highest BCUT2D eigenvalue weighted by Crippen LogP contribution is 2.43. The monoisotopic (exact) mass is 398 g/mol. The van der Waals surface area contributed by atoms with E-state index in [1.54, 1.807) is 6.92 Å². The van der Waals surface area contributed by atoms with Crippen molar-refractivity contribution in [1.29, 1.82) is 0 Å². The molecular weight excluding hydrogens is 384 g/mol. The summed E-state index contributed by atoms with van der Waals surface area (Å²) in [6.07, 6.45) is 0.0626. The molecule has 0 spiro atoms. The van der Waals surface area contributed by atoms with Gasteiger partial charge in [-0.2, -0.15) is 13.9 Å². The van der Waals surface area contributed by atoms with E-state index in [-0.39, 0.29) is 45.8 Å². The van der Waals surface area contributed by atoms with Crippen LogP contribution in [-0.2, 0) is 13.5 Å². The number of rotatable bonds is 6. The molecule has 1 atom stereocenters. The third-order valence-electron chi connectivity index (χ3n) is 3.55. The first-order chi connectivity index (χ1) is 11.7. The van der Waals surface area contributed by atoms with E-state index in [4.69, 9.17) is 23.2 Å². The van der Waals surface area contributed by atoms with Crippen molar-refractivity contribution in [3.63, 3.8) is 0 Å². The van der Waals surface area contributed by atoms with Crippen LogP contribution < -0.4 is 4.74 Å². The minimum atomic E-state index is -3.14. The molecule has 1 heterocycles. The smallest absolute Gasteiger partial charge is 0.388 e. The minimum Gasteiger partial charge on any atom is -0.506 e. The lowest BCUT2D eigenvalue weighted by Gasteiger charge is -2.15. The van der Waals surface area contributed by atoms with Crippen LogP contribution in [0.4, 0.5) is 13.2 Å². The Balaban J connectivity index is 2.68. The standard InChI is InChI=1S/C15H15Cl2F3N2O3/c1-6(5-23)3-7-10(9(18)4-8(16)13(7)24)12-11(17)14(22(2)21-12)25-15(19)20/h4,6,15,23-24H,3,5H2,1-2H3. The van der Waals surface area contributed by atoms with E-state index < -0.39 is 24.1 Å². The number of aliphatic hydroxyl groups is 1. The molecule has 1 unspecified atom stereocenters. The number of aromatic hydroxyl groups is 1. The van der Waals surface area contributed by atoms with Crippen LogP contribution in [0.5, 0.6) is 11.6 Å². The highest BCUT2D eigenvalue weighted by Gasteiger charge is 2.27. The van der Waals surface area contributed by atoms with Crippen LogP contribution in [0.25, 0.3) is 11.3 Å². The van der Waals surface area contributed by atoms with Gasteiger partial charge in [0.15, 0.2) is 0 Å². The van der Waals surface area contributed by atoms with Gasteiger partial charge in [0.1, 0.15) is 22.3 Å². The van der Waals surface area contributed by atoms with E-state index in [9.17, 15) is 23.4 Å². The number of ether oxygens (including phenoxy) is 1. The molecule has 1 aromatic carbocycles. The number of phenols is 1. The molecule has 2 rings (SSSR count). The molecule has 0 radical (unpaired) electrons. The highest BCUT2D eigenvalue weighted by atomic mass is 35.5. The van der Waals surface area contributed by atoms with Gasteiger partial charge in [-0.15, -0.1) is 0 Å². The van der Waals surface area contributed by atoms with Crippen molar-refractivity contribution in [3.8, 4) is 22.9 Å². The summed E-state index contributed by atoms with van der Waals surface area (Å²) >= 11 is 11.9. The fourth-order valence-corrected chi connectivity index (χ4v) is 2.89. The molecule has 0 amide bonds. The van der Waals surface area contributed by atoms with Crippen LogP contribution in [0.3, 0.4) is 0 Å². The van der Waals surface area contributed by atoms with Gasteiger partial charge in [-0.3, -0.25) is 0 Å². The Morgan fingerprint density at radius 1 is 1.36 bits per heavy atom. The van der Waals surface area contributed by atoms with Crippen LogP contribution in [0.2, 0.25) is 10.0 Å². The van der Waals surface area contributed by atoms with Crippen molar-refractivity contribution in [3.05, 3.63) is 27.5 Å². The third-order valence-corrected chi connectivity index (χ3v) is 4.18. The van der Waals surface area contributed by atoms with Crippen LogP contribution >= 0.6 is 23.2 Å². The van der Waals surface area contributed by atoms with Gasteiger partial charge in [0, 0.05) is 24.8 Å². The Morgan fingerprint density at radius 3 is 2.56 bits per heavy atom. The lowest BCUT2D eigenvalue weighted by atomic mass is 9.94. The summed E-state index contributed by atoms with van der Waals surface area (Å²) in [5, 5.41) is 22.8. The second kappa shape index (κ2) is 7.72. The number of halogens is 5. The molecule has 2 N–H and O–H groups in total. The summed E-state index contributed by atoms with van der Waals surface area (Å²) in [4.78, 5) is 0. The maximum absolute atomic E-state index is 14.6. The number of hydrogen-bond donors (Lipinski definition) is 2. The van der Waals surface area contributed by atoms with Crippen LogP contribution in [-0.4, -0.2) is 33.2 Å². The normalized spacial score (nSPS) is 12.7. The zero-order valence-electron chi connectivity index (χ0n) is 13.2. The summed E-state index contributed by atoms with van der Waals surface area (Å²) in [6, 6.07) is 0.873.